The number of aryl methyl sites for hydroxylation is 2. The van der Waals surface area contributed by atoms with E-state index in [1.54, 1.807) is 23.1 Å². The standard InChI is InChI=1S/C19H33N7S2.HI/c1-7-20-18(25(5)12-16-13-28-15(4)22-16)21-10-8-9-17-23-24-19(27-6)26(17)11-14(2)3;/h13-14H,7-12H2,1-6H3,(H,20,21);1H. The van der Waals surface area contributed by atoms with Crippen molar-refractivity contribution < 1.29 is 0 Å². The minimum absolute atomic E-state index is 0. The van der Waals surface area contributed by atoms with Crippen molar-refractivity contribution in [3.8, 4) is 0 Å². The van der Waals surface area contributed by atoms with E-state index < -0.39 is 0 Å². The number of hydrogen-bond acceptors (Lipinski definition) is 6. The second kappa shape index (κ2) is 13.4. The second-order valence-corrected chi connectivity index (χ2v) is 9.00. The maximum Gasteiger partial charge on any atom is 0.194 e. The van der Waals surface area contributed by atoms with Crippen LogP contribution < -0.4 is 5.32 Å². The van der Waals surface area contributed by atoms with E-state index >= 15 is 0 Å². The Balaban J connectivity index is 0.00000420. The first-order valence-corrected chi connectivity index (χ1v) is 11.9. The number of guanidine groups is 1. The molecule has 2 aromatic rings. The van der Waals surface area contributed by atoms with Crippen molar-refractivity contribution in [1.29, 1.82) is 0 Å². The van der Waals surface area contributed by atoms with Crippen molar-refractivity contribution in [3.63, 3.8) is 0 Å². The van der Waals surface area contributed by atoms with Gasteiger partial charge in [0.2, 0.25) is 0 Å². The summed E-state index contributed by atoms with van der Waals surface area (Å²) in [5, 5.41) is 16.3. The second-order valence-electron chi connectivity index (χ2n) is 7.16. The molecular formula is C19H34IN7S2. The Bertz CT molecular complexity index is 758. The molecule has 7 nitrogen and oxygen atoms in total. The predicted molar refractivity (Wildman–Crippen MR) is 135 cm³/mol. The van der Waals surface area contributed by atoms with Gasteiger partial charge in [0.1, 0.15) is 5.82 Å². The van der Waals surface area contributed by atoms with Gasteiger partial charge in [0.25, 0.3) is 0 Å². The highest BCUT2D eigenvalue weighted by Crippen LogP contribution is 2.17. The Morgan fingerprint density at radius 1 is 1.38 bits per heavy atom. The number of aliphatic imine (C=N–C) groups is 1. The van der Waals surface area contributed by atoms with Crippen molar-refractivity contribution in [2.45, 2.75) is 58.8 Å². The molecule has 29 heavy (non-hydrogen) atoms. The zero-order valence-electron chi connectivity index (χ0n) is 18.3. The van der Waals surface area contributed by atoms with Gasteiger partial charge in [-0.05, 0) is 32.4 Å². The quantitative estimate of drug-likeness (QED) is 0.158. The number of halogens is 1. The Kier molecular flexibility index (Phi) is 12.1. The fourth-order valence-corrected chi connectivity index (χ4v) is 4.02. The molecule has 0 radical (unpaired) electrons. The number of nitrogens with one attached hydrogen (secondary N) is 1. The van der Waals surface area contributed by atoms with Crippen molar-refractivity contribution >= 4 is 53.0 Å². The van der Waals surface area contributed by atoms with Gasteiger partial charge in [-0.3, -0.25) is 4.99 Å². The van der Waals surface area contributed by atoms with Crippen molar-refractivity contribution in [2.75, 3.05) is 26.4 Å². The molecule has 0 aliphatic rings. The van der Waals surface area contributed by atoms with Crippen LogP contribution in [0.4, 0.5) is 0 Å². The van der Waals surface area contributed by atoms with Crippen LogP contribution in [0.15, 0.2) is 15.5 Å². The van der Waals surface area contributed by atoms with Gasteiger partial charge in [-0.2, -0.15) is 0 Å². The highest BCUT2D eigenvalue weighted by molar-refractivity contribution is 14.0. The zero-order valence-corrected chi connectivity index (χ0v) is 22.3. The van der Waals surface area contributed by atoms with Crippen LogP contribution >= 0.6 is 47.1 Å². The van der Waals surface area contributed by atoms with Crippen LogP contribution in [0, 0.1) is 12.8 Å². The minimum atomic E-state index is 0. The topological polar surface area (TPSA) is 71.2 Å². The minimum Gasteiger partial charge on any atom is -0.357 e. The van der Waals surface area contributed by atoms with Gasteiger partial charge in [-0.25, -0.2) is 4.98 Å². The van der Waals surface area contributed by atoms with Crippen LogP contribution in [-0.2, 0) is 19.5 Å². The monoisotopic (exact) mass is 551 g/mol. The fraction of sp³-hybridized carbons (Fsp3) is 0.684. The smallest absolute Gasteiger partial charge is 0.194 e. The fourth-order valence-electron chi connectivity index (χ4n) is 2.89. The molecule has 0 bridgehead atoms. The Labute approximate surface area is 200 Å². The number of rotatable bonds is 10. The van der Waals surface area contributed by atoms with Gasteiger partial charge >= 0.3 is 0 Å². The van der Waals surface area contributed by atoms with Crippen molar-refractivity contribution in [1.82, 2.24) is 30.0 Å². The lowest BCUT2D eigenvalue weighted by molar-refractivity contribution is 0.468. The summed E-state index contributed by atoms with van der Waals surface area (Å²) in [7, 11) is 2.06. The molecule has 0 unspecified atom stereocenters. The van der Waals surface area contributed by atoms with Crippen LogP contribution in [0.3, 0.4) is 0 Å². The van der Waals surface area contributed by atoms with Gasteiger partial charge < -0.3 is 14.8 Å². The molecule has 164 valence electrons. The molecule has 0 spiro atoms. The van der Waals surface area contributed by atoms with E-state index in [0.29, 0.717) is 5.92 Å². The number of nitrogens with zero attached hydrogens (tertiary/aromatic N) is 6. The predicted octanol–water partition coefficient (Wildman–Crippen LogP) is 4.07. The largest absolute Gasteiger partial charge is 0.357 e. The van der Waals surface area contributed by atoms with Crippen molar-refractivity contribution in [2.24, 2.45) is 10.9 Å². The molecule has 0 atom stereocenters. The molecule has 0 saturated heterocycles. The summed E-state index contributed by atoms with van der Waals surface area (Å²) in [6.07, 6.45) is 3.89. The third kappa shape index (κ3) is 8.41. The highest BCUT2D eigenvalue weighted by atomic mass is 127. The van der Waals surface area contributed by atoms with Crippen LogP contribution in [0.5, 0.6) is 0 Å². The molecule has 0 saturated carbocycles. The molecule has 1 N–H and O–H groups in total. The molecule has 0 aliphatic carbocycles. The number of hydrogen-bond donors (Lipinski definition) is 1. The molecule has 2 rings (SSSR count). The summed E-state index contributed by atoms with van der Waals surface area (Å²) < 4.78 is 2.25. The molecular weight excluding hydrogens is 517 g/mol. The van der Waals surface area contributed by atoms with E-state index in [4.69, 9.17) is 4.99 Å². The zero-order chi connectivity index (χ0) is 20.5. The molecule has 0 aliphatic heterocycles. The first-order valence-electron chi connectivity index (χ1n) is 9.81. The Hall–Kier alpha value is -0.880. The van der Waals surface area contributed by atoms with Gasteiger partial charge in [-0.1, -0.05) is 25.6 Å². The number of thiazole rings is 1. The molecule has 0 fully saturated rings. The Morgan fingerprint density at radius 3 is 2.72 bits per heavy atom. The van der Waals surface area contributed by atoms with Crippen molar-refractivity contribution in [3.05, 3.63) is 21.9 Å². The maximum atomic E-state index is 4.79. The number of thioether (sulfide) groups is 1. The molecule has 2 aromatic heterocycles. The number of aromatic nitrogens is 4. The van der Waals surface area contributed by atoms with E-state index in [9.17, 15) is 0 Å². The lowest BCUT2D eigenvalue weighted by atomic mass is 10.2. The van der Waals surface area contributed by atoms with E-state index in [1.165, 1.54) is 0 Å². The molecule has 0 aromatic carbocycles. The van der Waals surface area contributed by atoms with E-state index in [1.807, 2.05) is 6.92 Å². The summed E-state index contributed by atoms with van der Waals surface area (Å²) in [6, 6.07) is 0. The summed E-state index contributed by atoms with van der Waals surface area (Å²) >= 11 is 3.34. The van der Waals surface area contributed by atoms with Crippen LogP contribution in [0.25, 0.3) is 0 Å². The third-order valence-electron chi connectivity index (χ3n) is 4.11. The summed E-state index contributed by atoms with van der Waals surface area (Å²) in [5.74, 6) is 2.55. The van der Waals surface area contributed by atoms with Gasteiger partial charge in [-0.15, -0.1) is 45.5 Å². The average Bonchev–Trinajstić information content (AvgIpc) is 3.23. The summed E-state index contributed by atoms with van der Waals surface area (Å²) in [6.45, 7) is 11.9. The lowest BCUT2D eigenvalue weighted by Crippen LogP contribution is -2.38. The van der Waals surface area contributed by atoms with Gasteiger partial charge in [0.15, 0.2) is 11.1 Å². The van der Waals surface area contributed by atoms with Crippen LogP contribution in [0.1, 0.15) is 43.7 Å². The molecule has 10 heteroatoms. The maximum absolute atomic E-state index is 4.79. The van der Waals surface area contributed by atoms with Crippen LogP contribution in [0.2, 0.25) is 0 Å². The first-order chi connectivity index (χ1) is 13.4. The van der Waals surface area contributed by atoms with Gasteiger partial charge in [0.05, 0.1) is 17.2 Å². The molecule has 2 heterocycles. The third-order valence-corrected chi connectivity index (χ3v) is 5.60. The molecule has 0 amide bonds. The van der Waals surface area contributed by atoms with Gasteiger partial charge in [0, 0.05) is 38.5 Å². The van der Waals surface area contributed by atoms with Crippen LogP contribution in [-0.4, -0.2) is 57.0 Å². The van der Waals surface area contributed by atoms with E-state index in [2.05, 4.69) is 69.4 Å². The summed E-state index contributed by atoms with van der Waals surface area (Å²) in [5.41, 5.74) is 1.09. The summed E-state index contributed by atoms with van der Waals surface area (Å²) in [4.78, 5) is 11.5. The van der Waals surface area contributed by atoms with E-state index in [-0.39, 0.29) is 24.0 Å². The average molecular weight is 552 g/mol. The highest BCUT2D eigenvalue weighted by Gasteiger charge is 2.13. The first kappa shape index (κ1) is 26.2. The van der Waals surface area contributed by atoms with E-state index in [0.717, 1.165) is 66.7 Å². The lowest BCUT2D eigenvalue weighted by Gasteiger charge is -2.21. The Morgan fingerprint density at radius 2 is 2.14 bits per heavy atom. The normalized spacial score (nSPS) is 11.6. The SMILES string of the molecule is CCNC(=NCCCc1nnc(SC)n1CC(C)C)N(C)Cc1csc(C)n1.I.